The summed E-state index contributed by atoms with van der Waals surface area (Å²) in [6.45, 7) is 5.92. The summed E-state index contributed by atoms with van der Waals surface area (Å²) in [5, 5.41) is 2.67. The van der Waals surface area contributed by atoms with Crippen LogP contribution in [0.4, 0.5) is 0 Å². The molecule has 1 amide bonds. The first-order chi connectivity index (χ1) is 15.0. The number of carbonyl (C=O) groups is 2. The number of ether oxygens (including phenoxy) is 1. The Hall–Kier alpha value is -2.62. The topological polar surface area (TPSA) is 55.4 Å². The molecule has 0 aromatic heterocycles. The molecule has 168 valence electrons. The normalized spacial score (nSPS) is 11.7. The van der Waals surface area contributed by atoms with Gasteiger partial charge >= 0.3 is 5.97 Å². The Morgan fingerprint density at radius 1 is 0.806 bits per heavy atom. The third-order valence-corrected chi connectivity index (χ3v) is 5.49. The molecule has 0 aliphatic carbocycles. The Morgan fingerprint density at radius 2 is 1.35 bits per heavy atom. The molecule has 2 aromatic rings. The van der Waals surface area contributed by atoms with Gasteiger partial charge in [-0.1, -0.05) is 81.8 Å². The predicted octanol–water partition coefficient (Wildman–Crippen LogP) is 6.33. The lowest BCUT2D eigenvalue weighted by Gasteiger charge is -2.13. The summed E-state index contributed by atoms with van der Waals surface area (Å²) in [6, 6.07) is 15.5. The maximum Gasteiger partial charge on any atom is 0.328 e. The van der Waals surface area contributed by atoms with Gasteiger partial charge in [0.15, 0.2) is 0 Å². The minimum absolute atomic E-state index is 0.280. The van der Waals surface area contributed by atoms with Gasteiger partial charge < -0.3 is 10.1 Å². The van der Waals surface area contributed by atoms with Gasteiger partial charge in [-0.2, -0.15) is 0 Å². The van der Waals surface area contributed by atoms with Crippen LogP contribution in [0.15, 0.2) is 48.5 Å². The van der Waals surface area contributed by atoms with Gasteiger partial charge in [0, 0.05) is 5.56 Å². The number of amides is 1. The average Bonchev–Trinajstić information content (AvgIpc) is 2.79. The highest BCUT2D eigenvalue weighted by Crippen LogP contribution is 2.21. The molecule has 2 rings (SSSR count). The molecule has 0 heterocycles. The first-order valence-corrected chi connectivity index (χ1v) is 11.7. The first-order valence-electron chi connectivity index (χ1n) is 11.7. The van der Waals surface area contributed by atoms with Crippen molar-refractivity contribution < 1.29 is 14.3 Å². The second-order valence-corrected chi connectivity index (χ2v) is 8.09. The number of hydrogen-bond donors (Lipinski definition) is 1. The minimum Gasteiger partial charge on any atom is -0.464 e. The van der Waals surface area contributed by atoms with E-state index >= 15 is 0 Å². The molecule has 0 unspecified atom stereocenters. The van der Waals surface area contributed by atoms with Crippen LogP contribution in [0.2, 0.25) is 0 Å². The second-order valence-electron chi connectivity index (χ2n) is 8.09. The number of aryl methyl sites for hydroxylation is 1. The van der Waals surface area contributed by atoms with Crippen molar-refractivity contribution >= 4 is 11.9 Å². The maximum absolute atomic E-state index is 12.3. The molecule has 0 aliphatic heterocycles. The quantitative estimate of drug-likeness (QED) is 0.303. The molecular weight excluding hydrogens is 386 g/mol. The number of unbranched alkanes of at least 4 members (excludes halogenated alkanes) is 6. The van der Waals surface area contributed by atoms with Crippen LogP contribution in [0.1, 0.15) is 81.6 Å². The molecule has 4 nitrogen and oxygen atoms in total. The lowest BCUT2D eigenvalue weighted by Crippen LogP contribution is -2.39. The zero-order valence-corrected chi connectivity index (χ0v) is 19.3. The SMILES string of the molecule is CCCCCCCCCc1ccc(-c2ccc(C(=O)N[C@@H](C)C(=O)OCC)cc2)cc1. The molecule has 1 atom stereocenters. The second kappa shape index (κ2) is 13.6. The van der Waals surface area contributed by atoms with E-state index < -0.39 is 12.0 Å². The highest BCUT2D eigenvalue weighted by molar-refractivity contribution is 5.97. The van der Waals surface area contributed by atoms with Gasteiger partial charge in [-0.15, -0.1) is 0 Å². The van der Waals surface area contributed by atoms with Gasteiger partial charge in [-0.3, -0.25) is 4.79 Å². The molecule has 0 spiro atoms. The van der Waals surface area contributed by atoms with Crippen LogP contribution in [0.5, 0.6) is 0 Å². The minimum atomic E-state index is -0.670. The Balaban J connectivity index is 1.83. The van der Waals surface area contributed by atoms with E-state index in [1.807, 2.05) is 12.1 Å². The molecule has 0 aliphatic rings. The Bertz CT molecular complexity index is 796. The fourth-order valence-electron chi connectivity index (χ4n) is 3.57. The third kappa shape index (κ3) is 8.56. The number of rotatable bonds is 13. The molecule has 0 bridgehead atoms. The van der Waals surface area contributed by atoms with Crippen molar-refractivity contribution in [1.29, 1.82) is 0 Å². The van der Waals surface area contributed by atoms with E-state index in [1.165, 1.54) is 50.5 Å². The van der Waals surface area contributed by atoms with E-state index in [0.717, 1.165) is 17.5 Å². The van der Waals surface area contributed by atoms with Crippen LogP contribution in [-0.4, -0.2) is 24.5 Å². The summed E-state index contributed by atoms with van der Waals surface area (Å²) in [5.74, 6) is -0.707. The van der Waals surface area contributed by atoms with Gasteiger partial charge in [0.05, 0.1) is 6.61 Å². The summed E-state index contributed by atoms with van der Waals surface area (Å²) in [6.07, 6.45) is 10.4. The molecule has 31 heavy (non-hydrogen) atoms. The highest BCUT2D eigenvalue weighted by Gasteiger charge is 2.17. The molecular formula is C27H37NO3. The largest absolute Gasteiger partial charge is 0.464 e. The Morgan fingerprint density at radius 3 is 1.94 bits per heavy atom. The van der Waals surface area contributed by atoms with Gasteiger partial charge in [0.1, 0.15) is 6.04 Å². The van der Waals surface area contributed by atoms with Crippen molar-refractivity contribution in [1.82, 2.24) is 5.32 Å². The van der Waals surface area contributed by atoms with Gasteiger partial charge in [0.2, 0.25) is 0 Å². The fraction of sp³-hybridized carbons (Fsp3) is 0.481. The first kappa shape index (κ1) is 24.6. The number of hydrogen-bond acceptors (Lipinski definition) is 3. The maximum atomic E-state index is 12.3. The smallest absolute Gasteiger partial charge is 0.328 e. The summed E-state index contributed by atoms with van der Waals surface area (Å²) < 4.78 is 4.92. The van der Waals surface area contributed by atoms with Crippen molar-refractivity contribution in [3.05, 3.63) is 59.7 Å². The summed E-state index contributed by atoms with van der Waals surface area (Å²) in [5.41, 5.74) is 4.10. The molecule has 4 heteroatoms. The number of esters is 1. The Kier molecular flexibility index (Phi) is 10.8. The third-order valence-electron chi connectivity index (χ3n) is 5.49. The fourth-order valence-corrected chi connectivity index (χ4v) is 3.57. The molecule has 0 radical (unpaired) electrons. The van der Waals surface area contributed by atoms with E-state index in [4.69, 9.17) is 4.74 Å². The zero-order valence-electron chi connectivity index (χ0n) is 19.3. The van der Waals surface area contributed by atoms with Crippen LogP contribution in [-0.2, 0) is 16.0 Å². The van der Waals surface area contributed by atoms with Crippen molar-refractivity contribution in [2.45, 2.75) is 78.2 Å². The van der Waals surface area contributed by atoms with Crippen LogP contribution in [0.3, 0.4) is 0 Å². The average molecular weight is 424 g/mol. The molecule has 1 N–H and O–H groups in total. The molecule has 2 aromatic carbocycles. The summed E-state index contributed by atoms with van der Waals surface area (Å²) in [7, 11) is 0. The van der Waals surface area contributed by atoms with E-state index in [0.29, 0.717) is 12.2 Å². The molecule has 0 saturated carbocycles. The predicted molar refractivity (Wildman–Crippen MR) is 127 cm³/mol. The van der Waals surface area contributed by atoms with Crippen LogP contribution < -0.4 is 5.32 Å². The molecule has 0 fully saturated rings. The zero-order chi connectivity index (χ0) is 22.5. The van der Waals surface area contributed by atoms with E-state index in [9.17, 15) is 9.59 Å². The van der Waals surface area contributed by atoms with Crippen LogP contribution in [0.25, 0.3) is 11.1 Å². The summed E-state index contributed by atoms with van der Waals surface area (Å²) >= 11 is 0. The Labute approximate surface area is 187 Å². The van der Waals surface area contributed by atoms with Crippen LogP contribution >= 0.6 is 0 Å². The summed E-state index contributed by atoms with van der Waals surface area (Å²) in [4.78, 5) is 24.0. The van der Waals surface area contributed by atoms with Gasteiger partial charge in [-0.05, 0) is 55.5 Å². The highest BCUT2D eigenvalue weighted by atomic mass is 16.5. The monoisotopic (exact) mass is 423 g/mol. The van der Waals surface area contributed by atoms with E-state index in [1.54, 1.807) is 26.0 Å². The van der Waals surface area contributed by atoms with E-state index in [-0.39, 0.29) is 5.91 Å². The van der Waals surface area contributed by atoms with Crippen molar-refractivity contribution in [3.63, 3.8) is 0 Å². The van der Waals surface area contributed by atoms with Crippen molar-refractivity contribution in [2.75, 3.05) is 6.61 Å². The molecule has 0 saturated heterocycles. The number of benzene rings is 2. The van der Waals surface area contributed by atoms with Gasteiger partial charge in [-0.25, -0.2) is 4.79 Å². The number of carbonyl (C=O) groups excluding carboxylic acids is 2. The van der Waals surface area contributed by atoms with Crippen LogP contribution in [0, 0.1) is 0 Å². The lowest BCUT2D eigenvalue weighted by atomic mass is 10.00. The lowest BCUT2D eigenvalue weighted by molar-refractivity contribution is -0.144. The van der Waals surface area contributed by atoms with Crippen molar-refractivity contribution in [3.8, 4) is 11.1 Å². The van der Waals surface area contributed by atoms with Crippen molar-refractivity contribution in [2.24, 2.45) is 0 Å². The number of nitrogens with one attached hydrogen (secondary N) is 1. The standard InChI is InChI=1S/C27H37NO3/c1-4-6-7-8-9-10-11-12-22-13-15-23(16-14-22)24-17-19-25(20-18-24)26(29)28-21(3)27(30)31-5-2/h13-21H,4-12H2,1-3H3,(H,28,29)/t21-/m0/s1. The van der Waals surface area contributed by atoms with E-state index in [2.05, 4.69) is 36.5 Å². The van der Waals surface area contributed by atoms with Gasteiger partial charge in [0.25, 0.3) is 5.91 Å².